The molecule has 0 unspecified atom stereocenters. The Morgan fingerprint density at radius 3 is 2.45 bits per heavy atom. The fourth-order valence-electron chi connectivity index (χ4n) is 4.23. The average molecular weight is 432 g/mol. The lowest BCUT2D eigenvalue weighted by Gasteiger charge is -2.13. The molecule has 31 heavy (non-hydrogen) atoms. The number of allylic oxidation sites excluding steroid dienone is 2. The molecule has 1 N–H and O–H groups in total. The summed E-state index contributed by atoms with van der Waals surface area (Å²) in [6.45, 7) is 0. The van der Waals surface area contributed by atoms with Gasteiger partial charge in [-0.05, 0) is 49.0 Å². The zero-order valence-corrected chi connectivity index (χ0v) is 17.9. The van der Waals surface area contributed by atoms with Crippen molar-refractivity contribution in [2.45, 2.75) is 25.7 Å². The third-order valence-electron chi connectivity index (χ3n) is 5.79. The van der Waals surface area contributed by atoms with Crippen LogP contribution in [0.5, 0.6) is 5.75 Å². The van der Waals surface area contributed by atoms with Crippen LogP contribution in [0.1, 0.15) is 31.2 Å². The summed E-state index contributed by atoms with van der Waals surface area (Å²) in [5.74, 6) is 0.715. The zero-order chi connectivity index (χ0) is 21.4. The highest BCUT2D eigenvalue weighted by atomic mass is 35.5. The van der Waals surface area contributed by atoms with E-state index in [4.69, 9.17) is 21.3 Å². The highest BCUT2D eigenvalue weighted by Gasteiger charge is 2.23. The van der Waals surface area contributed by atoms with Crippen LogP contribution in [-0.2, 0) is 0 Å². The van der Waals surface area contributed by atoms with Gasteiger partial charge in [-0.2, -0.15) is 4.52 Å². The molecule has 0 radical (unpaired) electrons. The van der Waals surface area contributed by atoms with Gasteiger partial charge >= 0.3 is 0 Å². The van der Waals surface area contributed by atoms with Gasteiger partial charge in [0.25, 0.3) is 5.56 Å². The van der Waals surface area contributed by atoms with Gasteiger partial charge in [-0.15, -0.1) is 0 Å². The number of nitrogens with one attached hydrogen (secondary N) is 1. The number of aromatic amines is 1. The molecule has 156 valence electrons. The Labute approximate surface area is 185 Å². The molecule has 5 rings (SSSR count). The van der Waals surface area contributed by atoms with Gasteiger partial charge in [0.15, 0.2) is 5.65 Å². The molecular formula is C25H22ClN3O2. The minimum Gasteiger partial charge on any atom is -0.497 e. The van der Waals surface area contributed by atoms with Gasteiger partial charge in [0, 0.05) is 11.1 Å². The van der Waals surface area contributed by atoms with Crippen molar-refractivity contribution in [3.05, 3.63) is 81.7 Å². The smallest absolute Gasteiger partial charge is 0.282 e. The molecule has 6 heteroatoms. The van der Waals surface area contributed by atoms with E-state index < -0.39 is 0 Å². The second kappa shape index (κ2) is 8.08. The van der Waals surface area contributed by atoms with Crippen LogP contribution in [0.15, 0.2) is 65.5 Å². The third-order valence-corrected chi connectivity index (χ3v) is 6.06. The van der Waals surface area contributed by atoms with E-state index in [9.17, 15) is 4.79 Å². The molecule has 0 spiro atoms. The van der Waals surface area contributed by atoms with E-state index in [-0.39, 0.29) is 10.7 Å². The Bertz CT molecular complexity index is 1340. The number of aromatic nitrogens is 3. The summed E-state index contributed by atoms with van der Waals surface area (Å²) >= 11 is 6.59. The standard InChI is InChI=1S/C25H22ClN3O2/c1-31-19-14-12-17(13-15-19)21-23(26)27-24-20(16-8-4-2-5-9-16)22(28-29(24)25(21)30)18-10-6-3-7-11-18/h3,6-8,10-15,28H,2,4-5,9H2,1H3. The summed E-state index contributed by atoms with van der Waals surface area (Å²) in [5, 5.41) is 3.52. The van der Waals surface area contributed by atoms with Crippen molar-refractivity contribution in [3.63, 3.8) is 0 Å². The second-order valence-electron chi connectivity index (χ2n) is 7.67. The first kappa shape index (κ1) is 19.6. The monoisotopic (exact) mass is 431 g/mol. The van der Waals surface area contributed by atoms with Crippen molar-refractivity contribution >= 4 is 22.8 Å². The number of benzene rings is 2. The number of H-pyrrole nitrogens is 1. The number of methoxy groups -OCH3 is 1. The van der Waals surface area contributed by atoms with Crippen molar-refractivity contribution in [1.29, 1.82) is 0 Å². The van der Waals surface area contributed by atoms with Gasteiger partial charge in [-0.25, -0.2) is 4.98 Å². The molecule has 1 aliphatic rings. The van der Waals surface area contributed by atoms with Gasteiger partial charge < -0.3 is 4.74 Å². The molecule has 2 aromatic carbocycles. The fraction of sp³-hybridized carbons (Fsp3) is 0.200. The number of nitrogens with zero attached hydrogens (tertiary/aromatic N) is 2. The Morgan fingerprint density at radius 1 is 1.00 bits per heavy atom. The van der Waals surface area contributed by atoms with Crippen LogP contribution in [0.2, 0.25) is 5.15 Å². The van der Waals surface area contributed by atoms with Crippen LogP contribution in [0.4, 0.5) is 0 Å². The van der Waals surface area contributed by atoms with Gasteiger partial charge in [-0.1, -0.05) is 60.1 Å². The number of hydrogen-bond donors (Lipinski definition) is 1. The van der Waals surface area contributed by atoms with E-state index in [1.165, 1.54) is 16.5 Å². The van der Waals surface area contributed by atoms with Crippen LogP contribution < -0.4 is 10.3 Å². The maximum atomic E-state index is 13.5. The quantitative estimate of drug-likeness (QED) is 0.404. The van der Waals surface area contributed by atoms with Crippen LogP contribution in [-0.4, -0.2) is 21.7 Å². The molecule has 4 aromatic rings. The highest BCUT2D eigenvalue weighted by Crippen LogP contribution is 2.37. The molecule has 2 aromatic heterocycles. The molecule has 0 saturated carbocycles. The number of ether oxygens (including phenoxy) is 1. The molecule has 5 nitrogen and oxygen atoms in total. The van der Waals surface area contributed by atoms with Crippen LogP contribution in [0, 0.1) is 0 Å². The number of halogens is 1. The normalized spacial score (nSPS) is 13.9. The summed E-state index contributed by atoms with van der Waals surface area (Å²) < 4.78 is 6.75. The van der Waals surface area contributed by atoms with Gasteiger partial charge in [0.1, 0.15) is 10.9 Å². The maximum Gasteiger partial charge on any atom is 0.282 e. The lowest BCUT2D eigenvalue weighted by atomic mass is 9.92. The van der Waals surface area contributed by atoms with E-state index >= 15 is 0 Å². The zero-order valence-electron chi connectivity index (χ0n) is 17.2. The summed E-state index contributed by atoms with van der Waals surface area (Å²) in [4.78, 5) is 18.2. The Balaban J connectivity index is 1.78. The predicted molar refractivity (Wildman–Crippen MR) is 125 cm³/mol. The average Bonchev–Trinajstić information content (AvgIpc) is 3.20. The van der Waals surface area contributed by atoms with E-state index in [1.54, 1.807) is 7.11 Å². The maximum absolute atomic E-state index is 13.5. The second-order valence-corrected chi connectivity index (χ2v) is 8.03. The molecule has 0 aliphatic heterocycles. The topological polar surface area (TPSA) is 59.4 Å². The lowest BCUT2D eigenvalue weighted by Crippen LogP contribution is -2.18. The molecule has 0 amide bonds. The molecule has 0 fully saturated rings. The number of rotatable bonds is 4. The highest BCUT2D eigenvalue weighted by molar-refractivity contribution is 6.32. The van der Waals surface area contributed by atoms with Crippen molar-refractivity contribution in [1.82, 2.24) is 14.6 Å². The van der Waals surface area contributed by atoms with Gasteiger partial charge in [0.2, 0.25) is 0 Å². The van der Waals surface area contributed by atoms with Crippen LogP contribution in [0.3, 0.4) is 0 Å². The first-order chi connectivity index (χ1) is 15.2. The van der Waals surface area contributed by atoms with Crippen molar-refractivity contribution < 1.29 is 4.74 Å². The van der Waals surface area contributed by atoms with Gasteiger partial charge in [-0.3, -0.25) is 9.89 Å². The lowest BCUT2D eigenvalue weighted by molar-refractivity contribution is 0.415. The predicted octanol–water partition coefficient (Wildman–Crippen LogP) is 5.98. The van der Waals surface area contributed by atoms with Crippen molar-refractivity contribution in [2.24, 2.45) is 0 Å². The minimum atomic E-state index is -0.222. The summed E-state index contributed by atoms with van der Waals surface area (Å²) in [7, 11) is 1.61. The Morgan fingerprint density at radius 2 is 1.77 bits per heavy atom. The van der Waals surface area contributed by atoms with Crippen molar-refractivity contribution in [3.8, 4) is 28.1 Å². The first-order valence-electron chi connectivity index (χ1n) is 10.4. The van der Waals surface area contributed by atoms with E-state index in [0.717, 1.165) is 36.1 Å². The molecule has 1 aliphatic carbocycles. The van der Waals surface area contributed by atoms with Gasteiger partial charge in [0.05, 0.1) is 18.4 Å². The largest absolute Gasteiger partial charge is 0.497 e. The van der Waals surface area contributed by atoms with E-state index in [2.05, 4.69) is 11.2 Å². The minimum absolute atomic E-state index is 0.200. The first-order valence-corrected chi connectivity index (χ1v) is 10.8. The van der Waals surface area contributed by atoms with Crippen LogP contribution >= 0.6 is 11.6 Å². The molecule has 0 saturated heterocycles. The molecule has 0 bridgehead atoms. The Kier molecular flexibility index (Phi) is 5.12. The SMILES string of the molecule is COc1ccc(-c2c(Cl)nc3c(C4=CCCCC4)c(-c4ccccc4)[nH]n3c2=O)cc1. The summed E-state index contributed by atoms with van der Waals surface area (Å²) in [5.41, 5.74) is 5.49. The third kappa shape index (κ3) is 3.45. The fourth-order valence-corrected chi connectivity index (χ4v) is 4.50. The summed E-state index contributed by atoms with van der Waals surface area (Å²) in [6.07, 6.45) is 6.56. The number of fused-ring (bicyclic) bond motifs is 1. The van der Waals surface area contributed by atoms with E-state index in [1.807, 2.05) is 54.6 Å². The summed E-state index contributed by atoms with van der Waals surface area (Å²) in [6, 6.07) is 17.3. The molecular weight excluding hydrogens is 410 g/mol. The Hall–Kier alpha value is -3.31. The van der Waals surface area contributed by atoms with Crippen LogP contribution in [0.25, 0.3) is 33.6 Å². The molecule has 2 heterocycles. The number of hydrogen-bond acceptors (Lipinski definition) is 3. The molecule has 0 atom stereocenters. The van der Waals surface area contributed by atoms with Crippen molar-refractivity contribution in [2.75, 3.05) is 7.11 Å². The van der Waals surface area contributed by atoms with E-state index in [0.29, 0.717) is 22.5 Å².